The second-order valence-electron chi connectivity index (χ2n) is 4.52. The molecule has 0 radical (unpaired) electrons. The molecule has 2 heterocycles. The largest absolute Gasteiger partial charge is 0.486 e. The van der Waals surface area contributed by atoms with Gasteiger partial charge in [-0.3, -0.25) is 0 Å². The van der Waals surface area contributed by atoms with E-state index in [-0.39, 0.29) is 0 Å². The summed E-state index contributed by atoms with van der Waals surface area (Å²) in [5, 5.41) is 1.09. The molecule has 0 unspecified atom stereocenters. The van der Waals surface area contributed by atoms with E-state index in [1.54, 1.807) is 18.2 Å². The zero-order chi connectivity index (χ0) is 14.1. The van der Waals surface area contributed by atoms with E-state index in [1.807, 2.05) is 35.9 Å². The topological polar surface area (TPSA) is 26.5 Å². The molecule has 2 aromatic heterocycles. The molecule has 0 bridgehead atoms. The number of hydrogen-bond acceptors (Lipinski definition) is 2. The molecule has 0 spiro atoms. The van der Waals surface area contributed by atoms with Crippen LogP contribution in [0.2, 0.25) is 10.0 Å². The molecule has 1 aromatic carbocycles. The van der Waals surface area contributed by atoms with Gasteiger partial charge in [0.2, 0.25) is 0 Å². The van der Waals surface area contributed by atoms with Crippen LogP contribution in [0.1, 0.15) is 11.3 Å². The molecular formula is C15H12Cl2N2O. The summed E-state index contributed by atoms with van der Waals surface area (Å²) in [5.74, 6) is 0.602. The number of ether oxygens (including phenoxy) is 1. The second-order valence-corrected chi connectivity index (χ2v) is 5.36. The molecule has 0 aliphatic rings. The average Bonchev–Trinajstić information content (AvgIpc) is 2.82. The third-order valence-electron chi connectivity index (χ3n) is 3.00. The molecule has 0 saturated carbocycles. The van der Waals surface area contributed by atoms with Gasteiger partial charge in [0.15, 0.2) is 0 Å². The summed E-state index contributed by atoms with van der Waals surface area (Å²) in [5.41, 5.74) is 2.92. The van der Waals surface area contributed by atoms with Gasteiger partial charge in [-0.1, -0.05) is 29.3 Å². The van der Waals surface area contributed by atoms with E-state index >= 15 is 0 Å². The van der Waals surface area contributed by atoms with Crippen molar-refractivity contribution in [3.05, 3.63) is 64.0 Å². The van der Waals surface area contributed by atoms with Crippen LogP contribution >= 0.6 is 23.2 Å². The van der Waals surface area contributed by atoms with Crippen LogP contribution in [-0.2, 0) is 6.61 Å². The SMILES string of the molecule is Cc1cccn2cc(COc3ccc(Cl)cc3Cl)nc12. The van der Waals surface area contributed by atoms with Crippen molar-refractivity contribution >= 4 is 28.8 Å². The Kier molecular flexibility index (Phi) is 3.55. The number of nitrogens with zero attached hydrogens (tertiary/aromatic N) is 2. The monoisotopic (exact) mass is 306 g/mol. The Hall–Kier alpha value is -1.71. The molecule has 102 valence electrons. The second kappa shape index (κ2) is 5.35. The van der Waals surface area contributed by atoms with Crippen LogP contribution in [0, 0.1) is 6.92 Å². The van der Waals surface area contributed by atoms with E-state index in [2.05, 4.69) is 4.98 Å². The standard InChI is InChI=1S/C15H12Cl2N2O/c1-10-3-2-6-19-8-12(18-15(10)19)9-20-14-5-4-11(16)7-13(14)17/h2-8H,9H2,1H3. The summed E-state index contributed by atoms with van der Waals surface area (Å²) in [6.45, 7) is 2.39. The lowest BCUT2D eigenvalue weighted by molar-refractivity contribution is 0.302. The number of benzene rings is 1. The fourth-order valence-electron chi connectivity index (χ4n) is 2.02. The van der Waals surface area contributed by atoms with Crippen LogP contribution < -0.4 is 4.74 Å². The van der Waals surface area contributed by atoms with E-state index < -0.39 is 0 Å². The van der Waals surface area contributed by atoms with Crippen molar-refractivity contribution in [3.8, 4) is 5.75 Å². The Bertz CT molecular complexity index is 768. The number of fused-ring (bicyclic) bond motifs is 1. The minimum atomic E-state index is 0.364. The Labute approximate surface area is 126 Å². The first-order chi connectivity index (χ1) is 9.63. The molecule has 0 amide bonds. The van der Waals surface area contributed by atoms with Crippen molar-refractivity contribution in [2.24, 2.45) is 0 Å². The van der Waals surface area contributed by atoms with Gasteiger partial charge in [0, 0.05) is 17.4 Å². The minimum absolute atomic E-state index is 0.364. The van der Waals surface area contributed by atoms with E-state index in [9.17, 15) is 0 Å². The van der Waals surface area contributed by atoms with Gasteiger partial charge in [-0.15, -0.1) is 0 Å². The molecule has 0 aliphatic carbocycles. The van der Waals surface area contributed by atoms with Gasteiger partial charge in [-0.2, -0.15) is 0 Å². The summed E-state index contributed by atoms with van der Waals surface area (Å²) < 4.78 is 7.66. The normalized spacial score (nSPS) is 10.9. The lowest BCUT2D eigenvalue weighted by Crippen LogP contribution is -1.96. The van der Waals surface area contributed by atoms with Gasteiger partial charge in [-0.25, -0.2) is 4.98 Å². The van der Waals surface area contributed by atoms with E-state index in [1.165, 1.54) is 0 Å². The van der Waals surface area contributed by atoms with Crippen molar-refractivity contribution in [2.45, 2.75) is 13.5 Å². The van der Waals surface area contributed by atoms with Crippen LogP contribution in [0.4, 0.5) is 0 Å². The summed E-state index contributed by atoms with van der Waals surface area (Å²) in [6.07, 6.45) is 3.92. The third kappa shape index (κ3) is 2.60. The van der Waals surface area contributed by atoms with Crippen LogP contribution in [0.15, 0.2) is 42.7 Å². The first-order valence-corrected chi connectivity index (χ1v) is 6.90. The maximum atomic E-state index is 6.06. The average molecular weight is 307 g/mol. The molecular weight excluding hydrogens is 295 g/mol. The van der Waals surface area contributed by atoms with Gasteiger partial charge in [0.25, 0.3) is 0 Å². The van der Waals surface area contributed by atoms with Gasteiger partial charge < -0.3 is 9.14 Å². The number of aryl methyl sites for hydroxylation is 1. The first kappa shape index (κ1) is 13.3. The molecule has 20 heavy (non-hydrogen) atoms. The van der Waals surface area contributed by atoms with E-state index in [0.29, 0.717) is 22.4 Å². The number of hydrogen-bond donors (Lipinski definition) is 0. The van der Waals surface area contributed by atoms with Crippen LogP contribution in [0.3, 0.4) is 0 Å². The maximum absolute atomic E-state index is 6.06. The Balaban J connectivity index is 1.81. The number of rotatable bonds is 3. The van der Waals surface area contributed by atoms with Gasteiger partial charge in [0.1, 0.15) is 18.0 Å². The van der Waals surface area contributed by atoms with Crippen LogP contribution in [0.25, 0.3) is 5.65 Å². The summed E-state index contributed by atoms with van der Waals surface area (Å²) in [7, 11) is 0. The highest BCUT2D eigenvalue weighted by molar-refractivity contribution is 6.35. The third-order valence-corrected chi connectivity index (χ3v) is 3.53. The molecule has 3 nitrogen and oxygen atoms in total. The molecule has 0 fully saturated rings. The minimum Gasteiger partial charge on any atom is -0.486 e. The number of imidazole rings is 1. The Morgan fingerprint density at radius 2 is 2.10 bits per heavy atom. The van der Waals surface area contributed by atoms with Gasteiger partial charge in [0.05, 0.1) is 10.7 Å². The predicted molar refractivity (Wildman–Crippen MR) is 80.7 cm³/mol. The number of halogens is 2. The summed E-state index contributed by atoms with van der Waals surface area (Å²) in [4.78, 5) is 4.54. The van der Waals surface area contributed by atoms with Crippen molar-refractivity contribution in [1.29, 1.82) is 0 Å². The number of aromatic nitrogens is 2. The zero-order valence-electron chi connectivity index (χ0n) is 10.8. The fraction of sp³-hybridized carbons (Fsp3) is 0.133. The molecule has 5 heteroatoms. The molecule has 0 N–H and O–H groups in total. The van der Waals surface area contributed by atoms with Crippen molar-refractivity contribution < 1.29 is 4.74 Å². The van der Waals surface area contributed by atoms with Crippen molar-refractivity contribution in [2.75, 3.05) is 0 Å². The first-order valence-electron chi connectivity index (χ1n) is 6.14. The predicted octanol–water partition coefficient (Wildman–Crippen LogP) is 4.53. The van der Waals surface area contributed by atoms with Crippen LogP contribution in [0.5, 0.6) is 5.75 Å². The van der Waals surface area contributed by atoms with E-state index in [4.69, 9.17) is 27.9 Å². The van der Waals surface area contributed by atoms with Crippen LogP contribution in [-0.4, -0.2) is 9.38 Å². The van der Waals surface area contributed by atoms with Gasteiger partial charge in [-0.05, 0) is 36.8 Å². The van der Waals surface area contributed by atoms with Crippen molar-refractivity contribution in [3.63, 3.8) is 0 Å². The Morgan fingerprint density at radius 1 is 1.25 bits per heavy atom. The number of pyridine rings is 1. The molecule has 0 atom stereocenters. The fourth-order valence-corrected chi connectivity index (χ4v) is 2.48. The maximum Gasteiger partial charge on any atom is 0.140 e. The zero-order valence-corrected chi connectivity index (χ0v) is 12.3. The summed E-state index contributed by atoms with van der Waals surface area (Å²) in [6, 6.07) is 9.18. The Morgan fingerprint density at radius 3 is 2.85 bits per heavy atom. The highest BCUT2D eigenvalue weighted by Crippen LogP contribution is 2.28. The van der Waals surface area contributed by atoms with E-state index in [0.717, 1.165) is 16.9 Å². The summed E-state index contributed by atoms with van der Waals surface area (Å²) >= 11 is 11.9. The van der Waals surface area contributed by atoms with Gasteiger partial charge >= 0.3 is 0 Å². The lowest BCUT2D eigenvalue weighted by Gasteiger charge is -2.06. The quantitative estimate of drug-likeness (QED) is 0.711. The molecule has 3 rings (SSSR count). The highest BCUT2D eigenvalue weighted by atomic mass is 35.5. The molecule has 0 aliphatic heterocycles. The van der Waals surface area contributed by atoms with Crippen molar-refractivity contribution in [1.82, 2.24) is 9.38 Å². The molecule has 0 saturated heterocycles. The lowest BCUT2D eigenvalue weighted by atomic mass is 10.3. The molecule has 3 aromatic rings. The smallest absolute Gasteiger partial charge is 0.140 e. The highest BCUT2D eigenvalue weighted by Gasteiger charge is 2.06.